The molecule has 0 N–H and O–H groups in total. The number of sulfonamides is 1. The molecular formula is C21H29N3O4S. The lowest BCUT2D eigenvalue weighted by Crippen LogP contribution is -2.47. The fraction of sp³-hybridized carbons (Fsp3) is 0.524. The van der Waals surface area contributed by atoms with E-state index in [4.69, 9.17) is 4.52 Å². The lowest BCUT2D eigenvalue weighted by atomic mass is 9.98. The van der Waals surface area contributed by atoms with Gasteiger partial charge in [0.25, 0.3) is 0 Å². The van der Waals surface area contributed by atoms with E-state index in [0.717, 1.165) is 6.42 Å². The second kappa shape index (κ2) is 9.09. The third-order valence-corrected chi connectivity index (χ3v) is 7.62. The van der Waals surface area contributed by atoms with Gasteiger partial charge in [-0.2, -0.15) is 4.31 Å². The van der Waals surface area contributed by atoms with Gasteiger partial charge in [0, 0.05) is 26.2 Å². The summed E-state index contributed by atoms with van der Waals surface area (Å²) < 4.78 is 32.7. The van der Waals surface area contributed by atoms with Gasteiger partial charge in [-0.25, -0.2) is 8.42 Å². The van der Waals surface area contributed by atoms with Crippen LogP contribution < -0.4 is 0 Å². The second-order valence-corrected chi connectivity index (χ2v) is 9.38. The van der Waals surface area contributed by atoms with Crippen LogP contribution in [-0.2, 0) is 21.2 Å². The molecule has 2 heterocycles. The number of aryl methyl sites for hydroxylation is 2. The summed E-state index contributed by atoms with van der Waals surface area (Å²) in [5.74, 6) is -0.00851. The Labute approximate surface area is 172 Å². The molecule has 1 aromatic carbocycles. The Balaban J connectivity index is 1.69. The van der Waals surface area contributed by atoms with Crippen molar-refractivity contribution in [2.24, 2.45) is 5.92 Å². The van der Waals surface area contributed by atoms with E-state index in [0.29, 0.717) is 38.2 Å². The summed E-state index contributed by atoms with van der Waals surface area (Å²) in [6, 6.07) is 10.1. The van der Waals surface area contributed by atoms with Crippen LogP contribution in [0.25, 0.3) is 0 Å². The molecule has 1 aliphatic heterocycles. The lowest BCUT2D eigenvalue weighted by Gasteiger charge is -2.34. The van der Waals surface area contributed by atoms with E-state index in [-0.39, 0.29) is 29.0 Å². The highest BCUT2D eigenvalue weighted by molar-refractivity contribution is 7.89. The number of hydrogen-bond donors (Lipinski definition) is 0. The first-order chi connectivity index (χ1) is 13.8. The minimum atomic E-state index is -3.73. The average molecular weight is 420 g/mol. The van der Waals surface area contributed by atoms with Crippen molar-refractivity contribution in [1.82, 2.24) is 14.4 Å². The van der Waals surface area contributed by atoms with Crippen LogP contribution in [0.5, 0.6) is 0 Å². The number of likely N-dealkylation sites (N-methyl/N-ethyl adjacent to an activating group) is 1. The maximum Gasteiger partial charge on any atom is 0.248 e. The third-order valence-electron chi connectivity index (χ3n) is 5.51. The Morgan fingerprint density at radius 2 is 2.00 bits per heavy atom. The molecular weight excluding hydrogens is 390 g/mol. The van der Waals surface area contributed by atoms with Gasteiger partial charge in [0.15, 0.2) is 5.76 Å². The number of rotatable bonds is 7. The number of amides is 1. The summed E-state index contributed by atoms with van der Waals surface area (Å²) >= 11 is 0. The van der Waals surface area contributed by atoms with Crippen LogP contribution in [0.2, 0.25) is 0 Å². The average Bonchev–Trinajstić information content (AvgIpc) is 3.08. The largest absolute Gasteiger partial charge is 0.360 e. The minimum Gasteiger partial charge on any atom is -0.360 e. The normalized spacial score (nSPS) is 18.0. The molecule has 0 spiro atoms. The van der Waals surface area contributed by atoms with Crippen LogP contribution in [0.15, 0.2) is 39.8 Å². The Kier molecular flexibility index (Phi) is 6.74. The van der Waals surface area contributed by atoms with E-state index < -0.39 is 10.0 Å². The predicted octanol–water partition coefficient (Wildman–Crippen LogP) is 2.78. The highest BCUT2D eigenvalue weighted by Crippen LogP contribution is 2.28. The van der Waals surface area contributed by atoms with Gasteiger partial charge in [-0.3, -0.25) is 4.79 Å². The van der Waals surface area contributed by atoms with Crippen LogP contribution in [0.4, 0.5) is 0 Å². The SMILES string of the molecule is CCN(CCc1ccccc1)C(=O)C1CCCN(S(=O)(=O)c2c(C)noc2C)C1. The van der Waals surface area contributed by atoms with Crippen LogP contribution in [0, 0.1) is 19.8 Å². The van der Waals surface area contributed by atoms with Crippen molar-refractivity contribution < 1.29 is 17.7 Å². The number of carbonyl (C=O) groups is 1. The van der Waals surface area contributed by atoms with E-state index >= 15 is 0 Å². The molecule has 1 unspecified atom stereocenters. The van der Waals surface area contributed by atoms with Crippen molar-refractivity contribution in [2.75, 3.05) is 26.2 Å². The van der Waals surface area contributed by atoms with Crippen LogP contribution in [-0.4, -0.2) is 54.9 Å². The minimum absolute atomic E-state index is 0.0297. The third kappa shape index (κ3) is 4.70. The lowest BCUT2D eigenvalue weighted by molar-refractivity contribution is -0.136. The molecule has 2 aromatic rings. The van der Waals surface area contributed by atoms with Gasteiger partial charge in [-0.1, -0.05) is 35.5 Å². The van der Waals surface area contributed by atoms with Crippen molar-refractivity contribution in [1.29, 1.82) is 0 Å². The molecule has 1 aliphatic rings. The molecule has 7 nitrogen and oxygen atoms in total. The molecule has 29 heavy (non-hydrogen) atoms. The summed E-state index contributed by atoms with van der Waals surface area (Å²) in [6.07, 6.45) is 2.15. The number of hydrogen-bond acceptors (Lipinski definition) is 5. The molecule has 1 fully saturated rings. The van der Waals surface area contributed by atoms with Gasteiger partial charge < -0.3 is 9.42 Å². The van der Waals surface area contributed by atoms with Gasteiger partial charge >= 0.3 is 0 Å². The molecule has 0 bridgehead atoms. The van der Waals surface area contributed by atoms with Gasteiger partial charge in [-0.05, 0) is 45.6 Å². The zero-order valence-electron chi connectivity index (χ0n) is 17.3. The second-order valence-electron chi connectivity index (χ2n) is 7.51. The molecule has 1 saturated heterocycles. The smallest absolute Gasteiger partial charge is 0.248 e. The summed E-state index contributed by atoms with van der Waals surface area (Å²) in [7, 11) is -3.73. The summed E-state index contributed by atoms with van der Waals surface area (Å²) in [6.45, 7) is 7.04. The Morgan fingerprint density at radius 1 is 1.28 bits per heavy atom. The number of nitrogens with zero attached hydrogens (tertiary/aromatic N) is 3. The Morgan fingerprint density at radius 3 is 2.62 bits per heavy atom. The number of benzene rings is 1. The van der Waals surface area contributed by atoms with E-state index in [1.165, 1.54) is 9.87 Å². The van der Waals surface area contributed by atoms with Gasteiger partial charge in [-0.15, -0.1) is 0 Å². The van der Waals surface area contributed by atoms with Crippen LogP contribution in [0.3, 0.4) is 0 Å². The molecule has 1 aromatic heterocycles. The summed E-state index contributed by atoms with van der Waals surface area (Å²) in [4.78, 5) is 15.1. The van der Waals surface area contributed by atoms with Gasteiger partial charge in [0.2, 0.25) is 15.9 Å². The molecule has 158 valence electrons. The molecule has 0 saturated carbocycles. The zero-order chi connectivity index (χ0) is 21.0. The standard InChI is InChI=1S/C21H29N3O4S/c1-4-23(14-12-18-9-6-5-7-10-18)21(25)19-11-8-13-24(15-19)29(26,27)20-16(2)22-28-17(20)3/h5-7,9-10,19H,4,8,11-15H2,1-3H3. The Hall–Kier alpha value is -2.19. The molecule has 0 aliphatic carbocycles. The van der Waals surface area contributed by atoms with Gasteiger partial charge in [0.1, 0.15) is 10.6 Å². The number of carbonyl (C=O) groups excluding carboxylic acids is 1. The molecule has 1 atom stereocenters. The highest BCUT2D eigenvalue weighted by Gasteiger charge is 2.37. The first kappa shape index (κ1) is 21.5. The number of aromatic nitrogens is 1. The maximum atomic E-state index is 13.1. The maximum absolute atomic E-state index is 13.1. The van der Waals surface area contributed by atoms with E-state index in [2.05, 4.69) is 17.3 Å². The van der Waals surface area contributed by atoms with Crippen LogP contribution in [0.1, 0.15) is 36.8 Å². The molecule has 0 radical (unpaired) electrons. The summed E-state index contributed by atoms with van der Waals surface area (Å²) in [5, 5.41) is 3.77. The van der Waals surface area contributed by atoms with E-state index in [1.807, 2.05) is 30.0 Å². The Bertz CT molecular complexity index is 921. The molecule has 8 heteroatoms. The quantitative estimate of drug-likeness (QED) is 0.689. The van der Waals surface area contributed by atoms with Crippen molar-refractivity contribution in [3.8, 4) is 0 Å². The first-order valence-electron chi connectivity index (χ1n) is 10.1. The van der Waals surface area contributed by atoms with E-state index in [9.17, 15) is 13.2 Å². The van der Waals surface area contributed by atoms with Gasteiger partial charge in [0.05, 0.1) is 5.92 Å². The van der Waals surface area contributed by atoms with E-state index in [1.54, 1.807) is 13.8 Å². The van der Waals surface area contributed by atoms with Crippen molar-refractivity contribution in [2.45, 2.75) is 44.9 Å². The predicted molar refractivity (Wildman–Crippen MR) is 110 cm³/mol. The monoisotopic (exact) mass is 419 g/mol. The molecule has 3 rings (SSSR count). The fourth-order valence-electron chi connectivity index (χ4n) is 3.93. The highest BCUT2D eigenvalue weighted by atomic mass is 32.2. The fourth-order valence-corrected chi connectivity index (χ4v) is 5.74. The summed E-state index contributed by atoms with van der Waals surface area (Å²) in [5.41, 5.74) is 1.54. The zero-order valence-corrected chi connectivity index (χ0v) is 18.1. The number of piperidine rings is 1. The van der Waals surface area contributed by atoms with Crippen molar-refractivity contribution in [3.05, 3.63) is 47.3 Å². The van der Waals surface area contributed by atoms with Crippen LogP contribution >= 0.6 is 0 Å². The molecule has 1 amide bonds. The topological polar surface area (TPSA) is 83.7 Å². The first-order valence-corrected chi connectivity index (χ1v) is 11.5. The van der Waals surface area contributed by atoms with Crippen molar-refractivity contribution >= 4 is 15.9 Å². The van der Waals surface area contributed by atoms with Crippen molar-refractivity contribution in [3.63, 3.8) is 0 Å².